The van der Waals surface area contributed by atoms with E-state index < -0.39 is 28.8 Å². The molecule has 0 bridgehead atoms. The predicted octanol–water partition coefficient (Wildman–Crippen LogP) is 11.3. The van der Waals surface area contributed by atoms with Crippen molar-refractivity contribution in [2.45, 2.75) is 167 Å². The van der Waals surface area contributed by atoms with Gasteiger partial charge in [0.1, 0.15) is 0 Å². The molecule has 0 saturated heterocycles. The molecule has 2 aromatic rings. The second kappa shape index (κ2) is 21.4. The van der Waals surface area contributed by atoms with Crippen LogP contribution >= 0.6 is 0 Å². The molecule has 0 saturated carbocycles. The highest BCUT2D eigenvalue weighted by atomic mass is 28.4. The molecular formula is C41H71N3O3Si2. The summed E-state index contributed by atoms with van der Waals surface area (Å²) >= 11 is 0. The zero-order valence-electron chi connectivity index (χ0n) is 32.7. The van der Waals surface area contributed by atoms with E-state index in [2.05, 4.69) is 120 Å². The number of azide groups is 1. The quantitative estimate of drug-likeness (QED) is 0.0387. The fourth-order valence-corrected chi connectivity index (χ4v) is 12.8. The average Bonchev–Trinajstić information content (AvgIpc) is 3.06. The second-order valence-electron chi connectivity index (χ2n) is 16.7. The minimum atomic E-state index is -2.88. The lowest BCUT2D eigenvalue weighted by Gasteiger charge is -2.46. The van der Waals surface area contributed by atoms with Crippen LogP contribution in [0.1, 0.15) is 132 Å². The highest BCUT2D eigenvalue weighted by molar-refractivity contribution is 6.99. The summed E-state index contributed by atoms with van der Waals surface area (Å²) in [4.78, 5) is 3.35. The Morgan fingerprint density at radius 1 is 0.714 bits per heavy atom. The Labute approximate surface area is 302 Å². The van der Waals surface area contributed by atoms with Gasteiger partial charge in [0.25, 0.3) is 8.32 Å². The zero-order chi connectivity index (χ0) is 36.4. The molecule has 0 aliphatic heterocycles. The molecule has 0 fully saturated rings. The SMILES string of the molecule is CCCCCCCCCCCCCC[C@H](CO)[C@@H](O[Si](C)(C)C(C)(C)C)[C@H](CO[Si](c1ccccc1)(c1ccccc1)C(C)(C)C)N=[N+]=[N-]. The summed E-state index contributed by atoms with van der Waals surface area (Å²) in [5, 5.41) is 17.4. The predicted molar refractivity (Wildman–Crippen MR) is 215 cm³/mol. The number of aliphatic hydroxyl groups is 1. The van der Waals surface area contributed by atoms with E-state index in [1.54, 1.807) is 0 Å². The normalized spacial score (nSPS) is 14.7. The lowest BCUT2D eigenvalue weighted by atomic mass is 9.91. The van der Waals surface area contributed by atoms with Gasteiger partial charge in [-0.2, -0.15) is 0 Å². The van der Waals surface area contributed by atoms with E-state index in [1.807, 2.05) is 12.1 Å². The van der Waals surface area contributed by atoms with Crippen molar-refractivity contribution in [1.29, 1.82) is 0 Å². The molecule has 0 aromatic heterocycles. The van der Waals surface area contributed by atoms with E-state index in [9.17, 15) is 10.6 Å². The Morgan fingerprint density at radius 2 is 1.16 bits per heavy atom. The molecule has 3 atom stereocenters. The first kappa shape index (κ1) is 43.2. The lowest BCUT2D eigenvalue weighted by molar-refractivity contribution is 0.0371. The monoisotopic (exact) mass is 710 g/mol. The van der Waals surface area contributed by atoms with Gasteiger partial charge in [0, 0.05) is 24.0 Å². The molecule has 1 N–H and O–H groups in total. The fraction of sp³-hybridized carbons (Fsp3) is 0.707. The molecular weight excluding hydrogens is 639 g/mol. The van der Waals surface area contributed by atoms with E-state index in [-0.39, 0.29) is 29.2 Å². The molecule has 8 heteroatoms. The van der Waals surface area contributed by atoms with Crippen LogP contribution in [-0.4, -0.2) is 47.1 Å². The largest absolute Gasteiger partial charge is 0.413 e. The topological polar surface area (TPSA) is 87.5 Å². The maximum absolute atomic E-state index is 10.9. The molecule has 276 valence electrons. The summed E-state index contributed by atoms with van der Waals surface area (Å²) in [5.74, 6) is -0.143. The van der Waals surface area contributed by atoms with Crippen molar-refractivity contribution in [2.24, 2.45) is 11.0 Å². The van der Waals surface area contributed by atoms with Crippen molar-refractivity contribution in [1.82, 2.24) is 0 Å². The van der Waals surface area contributed by atoms with Crippen molar-refractivity contribution in [3.8, 4) is 0 Å². The molecule has 0 amide bonds. The van der Waals surface area contributed by atoms with Crippen LogP contribution in [0.4, 0.5) is 0 Å². The lowest BCUT2D eigenvalue weighted by Crippen LogP contribution is -2.67. The van der Waals surface area contributed by atoms with Crippen LogP contribution in [0.3, 0.4) is 0 Å². The minimum Gasteiger partial charge on any atom is -0.413 e. The molecule has 0 aliphatic rings. The summed E-state index contributed by atoms with van der Waals surface area (Å²) in [7, 11) is -5.18. The van der Waals surface area contributed by atoms with E-state index in [4.69, 9.17) is 8.85 Å². The number of hydrogen-bond acceptors (Lipinski definition) is 4. The first-order valence-corrected chi connectivity index (χ1v) is 24.1. The van der Waals surface area contributed by atoms with E-state index in [0.717, 1.165) is 19.3 Å². The van der Waals surface area contributed by atoms with Crippen LogP contribution in [0.25, 0.3) is 10.4 Å². The van der Waals surface area contributed by atoms with Crippen molar-refractivity contribution in [3.05, 3.63) is 71.1 Å². The summed E-state index contributed by atoms with van der Waals surface area (Å²) in [5.41, 5.74) is 9.92. The van der Waals surface area contributed by atoms with Gasteiger partial charge in [-0.3, -0.25) is 0 Å². The van der Waals surface area contributed by atoms with E-state index in [0.29, 0.717) is 0 Å². The van der Waals surface area contributed by atoms with Gasteiger partial charge in [0.2, 0.25) is 0 Å². The minimum absolute atomic E-state index is 0.00597. The van der Waals surface area contributed by atoms with Gasteiger partial charge in [-0.05, 0) is 45.5 Å². The Hall–Kier alpha value is -1.94. The van der Waals surface area contributed by atoms with Gasteiger partial charge in [0.15, 0.2) is 8.32 Å². The van der Waals surface area contributed by atoms with Crippen LogP contribution in [-0.2, 0) is 8.85 Å². The molecule has 2 aromatic carbocycles. The number of rotatable bonds is 24. The molecule has 6 nitrogen and oxygen atoms in total. The highest BCUT2D eigenvalue weighted by Gasteiger charge is 2.51. The van der Waals surface area contributed by atoms with Gasteiger partial charge >= 0.3 is 0 Å². The van der Waals surface area contributed by atoms with E-state index in [1.165, 1.54) is 74.6 Å². The van der Waals surface area contributed by atoms with Crippen LogP contribution in [0.15, 0.2) is 65.8 Å². The van der Waals surface area contributed by atoms with Gasteiger partial charge in [-0.15, -0.1) is 0 Å². The zero-order valence-corrected chi connectivity index (χ0v) is 34.7. The standard InChI is InChI=1S/C41H71N3O3Si2/c1-10-11-12-13-14-15-16-17-18-19-20-23-28-35(33-45)39(47-48(8,9)40(2,3)4)38(43-44-42)34-46-49(41(5,6)7,36-29-24-21-25-30-36)37-31-26-22-27-32-37/h21-22,24-27,29-32,35,38-39,45H,10-20,23,28,33-34H2,1-9H3/t35-,38+,39-/m1/s1. The second-order valence-corrected chi connectivity index (χ2v) is 25.8. The molecule has 2 rings (SSSR count). The van der Waals surface area contributed by atoms with Crippen LogP contribution in [0, 0.1) is 5.92 Å². The van der Waals surface area contributed by atoms with Crippen LogP contribution < -0.4 is 10.4 Å². The maximum atomic E-state index is 10.9. The molecule has 0 aliphatic carbocycles. The highest BCUT2D eigenvalue weighted by Crippen LogP contribution is 2.41. The molecule has 49 heavy (non-hydrogen) atoms. The third-order valence-electron chi connectivity index (χ3n) is 10.8. The van der Waals surface area contributed by atoms with Crippen molar-refractivity contribution in [2.75, 3.05) is 13.2 Å². The number of aliphatic hydroxyl groups excluding tert-OH is 1. The van der Waals surface area contributed by atoms with Crippen molar-refractivity contribution in [3.63, 3.8) is 0 Å². The van der Waals surface area contributed by atoms with Crippen LogP contribution in [0.5, 0.6) is 0 Å². The molecule has 0 radical (unpaired) electrons. The van der Waals surface area contributed by atoms with Gasteiger partial charge < -0.3 is 14.0 Å². The van der Waals surface area contributed by atoms with E-state index >= 15 is 0 Å². The number of benzene rings is 2. The maximum Gasteiger partial charge on any atom is 0.261 e. The van der Waals surface area contributed by atoms with Gasteiger partial charge in [0.05, 0.1) is 12.1 Å². The Morgan fingerprint density at radius 3 is 1.55 bits per heavy atom. The average molecular weight is 710 g/mol. The molecule has 0 spiro atoms. The van der Waals surface area contributed by atoms with Crippen LogP contribution in [0.2, 0.25) is 23.2 Å². The first-order chi connectivity index (χ1) is 23.2. The summed E-state index contributed by atoms with van der Waals surface area (Å²) in [6, 6.07) is 20.6. The Balaban J connectivity index is 2.29. The van der Waals surface area contributed by atoms with Gasteiger partial charge in [-0.1, -0.05) is 191 Å². The van der Waals surface area contributed by atoms with Crippen molar-refractivity contribution >= 4 is 27.0 Å². The van der Waals surface area contributed by atoms with Gasteiger partial charge in [-0.25, -0.2) is 0 Å². The third-order valence-corrected chi connectivity index (χ3v) is 20.3. The number of nitrogens with zero attached hydrogens (tertiary/aromatic N) is 3. The fourth-order valence-electron chi connectivity index (χ4n) is 6.85. The number of hydrogen-bond donors (Lipinski definition) is 1. The number of unbranched alkanes of at least 4 members (excludes halogenated alkanes) is 11. The first-order valence-electron chi connectivity index (χ1n) is 19.3. The summed E-state index contributed by atoms with van der Waals surface area (Å²) in [6.07, 6.45) is 15.9. The smallest absolute Gasteiger partial charge is 0.261 e. The van der Waals surface area contributed by atoms with Crippen molar-refractivity contribution < 1.29 is 14.0 Å². The Kier molecular flexibility index (Phi) is 18.9. The molecule has 0 unspecified atom stereocenters. The Bertz CT molecular complexity index is 1170. The summed E-state index contributed by atoms with van der Waals surface area (Å²) in [6.45, 7) is 20.5. The third kappa shape index (κ3) is 13.3. The molecule has 0 heterocycles. The summed E-state index contributed by atoms with van der Waals surface area (Å²) < 4.78 is 14.4.